The minimum Gasteiger partial charge on any atom is -0.289 e. The van der Waals surface area contributed by atoms with E-state index >= 15 is 0 Å². The number of hydrogen-bond acceptors (Lipinski definition) is 2. The third-order valence-electron chi connectivity index (χ3n) is 2.23. The summed E-state index contributed by atoms with van der Waals surface area (Å²) in [7, 11) is 0. The number of carbonyl (C=O) groups is 2. The van der Waals surface area contributed by atoms with Crippen LogP contribution in [0.4, 0.5) is 4.39 Å². The molecule has 1 aliphatic heterocycles. The summed E-state index contributed by atoms with van der Waals surface area (Å²) in [4.78, 5) is 22.2. The van der Waals surface area contributed by atoms with E-state index in [4.69, 9.17) is 0 Å². The monoisotopic (exact) mass is 205 g/mol. The summed E-state index contributed by atoms with van der Waals surface area (Å²) in [5.41, 5.74) is 1.28. The number of carbonyl (C=O) groups excluding carboxylic acids is 2. The first kappa shape index (κ1) is 9.58. The van der Waals surface area contributed by atoms with Crippen molar-refractivity contribution >= 4 is 17.4 Å². The minimum atomic E-state index is -0.439. The van der Waals surface area contributed by atoms with Gasteiger partial charge in [-0.25, -0.2) is 4.39 Å². The maximum Gasteiger partial charge on any atom is 0.258 e. The van der Waals surface area contributed by atoms with Crippen molar-refractivity contribution < 1.29 is 14.0 Å². The average Bonchev–Trinajstić information content (AvgIpc) is 2.50. The van der Waals surface area contributed by atoms with Gasteiger partial charge in [-0.3, -0.25) is 14.9 Å². The second kappa shape index (κ2) is 3.31. The standard InChI is InChI=1S/C11H8FNO2/c1-6-4-7(2-3-9(6)12)8-5-10(14)13-11(8)15/h2-5H,1H3,(H,13,14,15). The molecule has 3 nitrogen and oxygen atoms in total. The van der Waals surface area contributed by atoms with Gasteiger partial charge in [0.05, 0.1) is 5.57 Å². The molecule has 15 heavy (non-hydrogen) atoms. The van der Waals surface area contributed by atoms with Gasteiger partial charge in [-0.1, -0.05) is 6.07 Å². The third kappa shape index (κ3) is 1.66. The summed E-state index contributed by atoms with van der Waals surface area (Å²) in [6.07, 6.45) is 1.22. The lowest BCUT2D eigenvalue weighted by Crippen LogP contribution is -2.21. The zero-order valence-electron chi connectivity index (χ0n) is 8.00. The number of amides is 2. The van der Waals surface area contributed by atoms with Crippen LogP contribution in [-0.4, -0.2) is 11.8 Å². The first-order chi connectivity index (χ1) is 7.08. The lowest BCUT2D eigenvalue weighted by Gasteiger charge is -2.02. The molecule has 0 spiro atoms. The van der Waals surface area contributed by atoms with Gasteiger partial charge in [0.2, 0.25) is 0 Å². The van der Waals surface area contributed by atoms with Crippen LogP contribution in [0.25, 0.3) is 5.57 Å². The third-order valence-corrected chi connectivity index (χ3v) is 2.23. The van der Waals surface area contributed by atoms with Gasteiger partial charge in [0.25, 0.3) is 11.8 Å². The second-order valence-electron chi connectivity index (χ2n) is 3.34. The van der Waals surface area contributed by atoms with Crippen LogP contribution in [-0.2, 0) is 9.59 Å². The molecule has 2 rings (SSSR count). The molecule has 76 valence electrons. The molecule has 1 aromatic rings. The zero-order chi connectivity index (χ0) is 11.0. The Morgan fingerprint density at radius 1 is 1.27 bits per heavy atom. The number of nitrogens with one attached hydrogen (secondary N) is 1. The van der Waals surface area contributed by atoms with E-state index in [1.807, 2.05) is 0 Å². The van der Waals surface area contributed by atoms with E-state index in [1.54, 1.807) is 13.0 Å². The minimum absolute atomic E-state index is 0.281. The number of rotatable bonds is 1. The van der Waals surface area contributed by atoms with E-state index in [9.17, 15) is 14.0 Å². The molecule has 1 heterocycles. The summed E-state index contributed by atoms with van der Waals surface area (Å²) in [5.74, 6) is -1.20. The van der Waals surface area contributed by atoms with Crippen molar-refractivity contribution in [3.63, 3.8) is 0 Å². The maximum atomic E-state index is 13.0. The van der Waals surface area contributed by atoms with Crippen LogP contribution >= 0.6 is 0 Å². The molecule has 0 atom stereocenters. The van der Waals surface area contributed by atoms with E-state index in [0.717, 1.165) is 0 Å². The molecule has 0 radical (unpaired) electrons. The Morgan fingerprint density at radius 3 is 2.53 bits per heavy atom. The smallest absolute Gasteiger partial charge is 0.258 e. The summed E-state index contributed by atoms with van der Waals surface area (Å²) < 4.78 is 13.0. The highest BCUT2D eigenvalue weighted by molar-refractivity contribution is 6.33. The lowest BCUT2D eigenvalue weighted by atomic mass is 10.0. The maximum absolute atomic E-state index is 13.0. The quantitative estimate of drug-likeness (QED) is 0.699. The van der Waals surface area contributed by atoms with Gasteiger partial charge in [-0.15, -0.1) is 0 Å². The first-order valence-electron chi connectivity index (χ1n) is 4.41. The van der Waals surface area contributed by atoms with Crippen LogP contribution < -0.4 is 5.32 Å². The lowest BCUT2D eigenvalue weighted by molar-refractivity contribution is -0.123. The second-order valence-corrected chi connectivity index (χ2v) is 3.34. The zero-order valence-corrected chi connectivity index (χ0v) is 8.00. The highest BCUT2D eigenvalue weighted by atomic mass is 19.1. The predicted octanol–water partition coefficient (Wildman–Crippen LogP) is 1.17. The van der Waals surface area contributed by atoms with Crippen LogP contribution in [0, 0.1) is 12.7 Å². The highest BCUT2D eigenvalue weighted by Gasteiger charge is 2.22. The van der Waals surface area contributed by atoms with Crippen LogP contribution in [0.1, 0.15) is 11.1 Å². The van der Waals surface area contributed by atoms with Crippen molar-refractivity contribution in [3.05, 3.63) is 41.2 Å². The van der Waals surface area contributed by atoms with Gasteiger partial charge in [0.1, 0.15) is 5.82 Å². The molecule has 2 amide bonds. The first-order valence-corrected chi connectivity index (χ1v) is 4.41. The molecular formula is C11H8FNO2. The average molecular weight is 205 g/mol. The Hall–Kier alpha value is -1.97. The van der Waals surface area contributed by atoms with Gasteiger partial charge in [0, 0.05) is 6.08 Å². The molecule has 1 aromatic carbocycles. The number of imide groups is 1. The van der Waals surface area contributed by atoms with Gasteiger partial charge in [-0.05, 0) is 30.2 Å². The SMILES string of the molecule is Cc1cc(C2=CC(=O)NC2=O)ccc1F. The van der Waals surface area contributed by atoms with E-state index in [-0.39, 0.29) is 11.4 Å². The highest BCUT2D eigenvalue weighted by Crippen LogP contribution is 2.20. The normalized spacial score (nSPS) is 15.2. The Kier molecular flexibility index (Phi) is 2.11. The number of halogens is 1. The van der Waals surface area contributed by atoms with Crippen molar-refractivity contribution in [2.24, 2.45) is 0 Å². The molecule has 1 aliphatic rings. The largest absolute Gasteiger partial charge is 0.289 e. The van der Waals surface area contributed by atoms with Crippen molar-refractivity contribution in [3.8, 4) is 0 Å². The number of aryl methyl sites for hydroxylation is 1. The molecule has 0 saturated heterocycles. The van der Waals surface area contributed by atoms with Crippen molar-refractivity contribution in [2.45, 2.75) is 6.92 Å². The van der Waals surface area contributed by atoms with Crippen molar-refractivity contribution in [1.29, 1.82) is 0 Å². The number of benzene rings is 1. The molecule has 0 unspecified atom stereocenters. The fourth-order valence-corrected chi connectivity index (χ4v) is 1.44. The van der Waals surface area contributed by atoms with Crippen LogP contribution in [0.5, 0.6) is 0 Å². The Bertz CT molecular complexity index is 491. The van der Waals surface area contributed by atoms with Crippen molar-refractivity contribution in [1.82, 2.24) is 5.32 Å². The van der Waals surface area contributed by atoms with Gasteiger partial charge in [0.15, 0.2) is 0 Å². The molecule has 1 N–H and O–H groups in total. The van der Waals surface area contributed by atoms with Crippen LogP contribution in [0.2, 0.25) is 0 Å². The molecule has 0 saturated carbocycles. The van der Waals surface area contributed by atoms with E-state index in [2.05, 4.69) is 5.32 Å². The molecule has 0 aromatic heterocycles. The fourth-order valence-electron chi connectivity index (χ4n) is 1.44. The van der Waals surface area contributed by atoms with E-state index in [1.165, 1.54) is 18.2 Å². The molecule has 0 bridgehead atoms. The van der Waals surface area contributed by atoms with Gasteiger partial charge >= 0.3 is 0 Å². The van der Waals surface area contributed by atoms with Crippen molar-refractivity contribution in [2.75, 3.05) is 0 Å². The summed E-state index contributed by atoms with van der Waals surface area (Å²) in [5, 5.41) is 2.14. The van der Waals surface area contributed by atoms with Gasteiger partial charge < -0.3 is 0 Å². The predicted molar refractivity (Wildman–Crippen MR) is 52.3 cm³/mol. The van der Waals surface area contributed by atoms with Gasteiger partial charge in [-0.2, -0.15) is 0 Å². The Labute approximate surface area is 85.6 Å². The molecule has 0 fully saturated rings. The van der Waals surface area contributed by atoms with Crippen LogP contribution in [0.3, 0.4) is 0 Å². The Balaban J connectivity index is 2.47. The summed E-state index contributed by atoms with van der Waals surface area (Å²) >= 11 is 0. The Morgan fingerprint density at radius 2 is 2.00 bits per heavy atom. The fraction of sp³-hybridized carbons (Fsp3) is 0.0909. The van der Waals surface area contributed by atoms with E-state index < -0.39 is 11.8 Å². The summed E-state index contributed by atoms with van der Waals surface area (Å²) in [6, 6.07) is 4.30. The molecular weight excluding hydrogens is 197 g/mol. The topological polar surface area (TPSA) is 46.2 Å². The molecule has 4 heteroatoms. The van der Waals surface area contributed by atoms with E-state index in [0.29, 0.717) is 11.1 Å². The van der Waals surface area contributed by atoms with Crippen LogP contribution in [0.15, 0.2) is 24.3 Å². The number of hydrogen-bond donors (Lipinski definition) is 1. The summed E-state index contributed by atoms with van der Waals surface area (Å²) in [6.45, 7) is 1.61. The molecule has 0 aliphatic carbocycles.